The molecule has 0 aliphatic heterocycles. The van der Waals surface area contributed by atoms with Gasteiger partial charge in [0.1, 0.15) is 5.75 Å². The Hall–Kier alpha value is -1.19. The Kier molecular flexibility index (Phi) is 6.51. The minimum atomic E-state index is 0.650. The number of fused-ring (bicyclic) bond motifs is 1. The number of hydrogen-bond donors (Lipinski definition) is 1. The van der Waals surface area contributed by atoms with Crippen molar-refractivity contribution in [2.45, 2.75) is 0 Å². The number of thiol groups is 1. The Morgan fingerprint density at radius 2 is 1.65 bits per heavy atom. The first-order valence-electron chi connectivity index (χ1n) is 5.45. The van der Waals surface area contributed by atoms with Crippen LogP contribution in [0.25, 0.3) is 10.8 Å². The van der Waals surface area contributed by atoms with Gasteiger partial charge in [0.05, 0.1) is 6.61 Å². The fraction of sp³-hybridized carbons (Fsp3) is 0.286. The van der Waals surface area contributed by atoms with Crippen LogP contribution in [0.3, 0.4) is 0 Å². The molecule has 2 nitrogen and oxygen atoms in total. The van der Waals surface area contributed by atoms with Crippen LogP contribution >= 0.6 is 12.6 Å². The molecule has 0 amide bonds. The molecule has 2 rings (SSSR count). The summed E-state index contributed by atoms with van der Waals surface area (Å²) in [5.41, 5.74) is 0. The van der Waals surface area contributed by atoms with Crippen LogP contribution in [0.15, 0.2) is 42.5 Å². The highest BCUT2D eigenvalue weighted by Gasteiger charge is 1.99. The molecule has 17 heavy (non-hydrogen) atoms. The van der Waals surface area contributed by atoms with Crippen molar-refractivity contribution in [2.75, 3.05) is 26.6 Å². The molecule has 2 aromatic carbocycles. The Balaban J connectivity index is 0.000000437. The highest BCUT2D eigenvalue weighted by atomic mass is 32.1. The van der Waals surface area contributed by atoms with E-state index in [4.69, 9.17) is 4.74 Å². The van der Waals surface area contributed by atoms with Crippen LogP contribution in [-0.2, 0) is 4.74 Å². The standard InChI is InChI=1S/C12H12OS.C2H6O/c14-9-8-13-12-7-3-5-10-4-1-2-6-11(10)12;1-3-2/h1-7,14H,8-9H2;1-2H3. The molecule has 92 valence electrons. The van der Waals surface area contributed by atoms with Crippen molar-refractivity contribution in [3.63, 3.8) is 0 Å². The smallest absolute Gasteiger partial charge is 0.127 e. The van der Waals surface area contributed by atoms with Gasteiger partial charge in [-0.05, 0) is 11.5 Å². The van der Waals surface area contributed by atoms with Crippen molar-refractivity contribution in [3.8, 4) is 5.75 Å². The van der Waals surface area contributed by atoms with Crippen LogP contribution in [0.1, 0.15) is 0 Å². The summed E-state index contributed by atoms with van der Waals surface area (Å²) in [5.74, 6) is 1.68. The molecule has 0 N–H and O–H groups in total. The van der Waals surface area contributed by atoms with Crippen LogP contribution in [0.4, 0.5) is 0 Å². The number of methoxy groups -OCH3 is 1. The second kappa shape index (κ2) is 7.98. The van der Waals surface area contributed by atoms with Crippen molar-refractivity contribution in [1.29, 1.82) is 0 Å². The van der Waals surface area contributed by atoms with Crippen molar-refractivity contribution < 1.29 is 9.47 Å². The van der Waals surface area contributed by atoms with Crippen molar-refractivity contribution in [1.82, 2.24) is 0 Å². The summed E-state index contributed by atoms with van der Waals surface area (Å²) in [6.45, 7) is 0.650. The largest absolute Gasteiger partial charge is 0.492 e. The molecule has 0 aliphatic rings. The van der Waals surface area contributed by atoms with Gasteiger partial charge < -0.3 is 9.47 Å². The molecule has 0 aliphatic carbocycles. The van der Waals surface area contributed by atoms with E-state index in [1.54, 1.807) is 14.2 Å². The number of ether oxygens (including phenoxy) is 2. The van der Waals surface area contributed by atoms with Gasteiger partial charge in [0, 0.05) is 25.4 Å². The quantitative estimate of drug-likeness (QED) is 0.842. The zero-order valence-electron chi connectivity index (χ0n) is 10.2. The average molecular weight is 250 g/mol. The van der Waals surface area contributed by atoms with Crippen LogP contribution in [0.2, 0.25) is 0 Å². The van der Waals surface area contributed by atoms with Gasteiger partial charge in [-0.2, -0.15) is 12.6 Å². The van der Waals surface area contributed by atoms with E-state index in [9.17, 15) is 0 Å². The first kappa shape index (κ1) is 13.9. The van der Waals surface area contributed by atoms with Gasteiger partial charge in [-0.25, -0.2) is 0 Å². The van der Waals surface area contributed by atoms with Gasteiger partial charge in [-0.3, -0.25) is 0 Å². The molecule has 0 saturated carbocycles. The highest BCUT2D eigenvalue weighted by molar-refractivity contribution is 7.80. The molecular formula is C14H18O2S. The zero-order chi connectivity index (χ0) is 12.5. The monoisotopic (exact) mass is 250 g/mol. The summed E-state index contributed by atoms with van der Waals surface area (Å²) < 4.78 is 9.84. The third-order valence-electron chi connectivity index (χ3n) is 2.10. The van der Waals surface area contributed by atoms with Gasteiger partial charge in [-0.1, -0.05) is 36.4 Å². The first-order chi connectivity index (χ1) is 8.33. The maximum Gasteiger partial charge on any atom is 0.127 e. The Labute approximate surface area is 108 Å². The summed E-state index contributed by atoms with van der Waals surface area (Å²) in [6, 6.07) is 14.3. The van der Waals surface area contributed by atoms with Crippen LogP contribution < -0.4 is 4.74 Å². The number of rotatable bonds is 3. The Morgan fingerprint density at radius 1 is 1.00 bits per heavy atom. The lowest BCUT2D eigenvalue weighted by molar-refractivity contribution is 0.277. The summed E-state index contributed by atoms with van der Waals surface area (Å²) in [5, 5.41) is 2.38. The van der Waals surface area contributed by atoms with Crippen molar-refractivity contribution in [2.24, 2.45) is 0 Å². The average Bonchev–Trinajstić information content (AvgIpc) is 2.37. The number of benzene rings is 2. The van der Waals surface area contributed by atoms with Gasteiger partial charge in [0.25, 0.3) is 0 Å². The summed E-state index contributed by atoms with van der Waals surface area (Å²) >= 11 is 4.12. The molecule has 2 aromatic rings. The van der Waals surface area contributed by atoms with Crippen LogP contribution in [0, 0.1) is 0 Å². The van der Waals surface area contributed by atoms with Crippen molar-refractivity contribution in [3.05, 3.63) is 42.5 Å². The molecule has 0 aromatic heterocycles. The molecule has 0 spiro atoms. The van der Waals surface area contributed by atoms with Gasteiger partial charge in [0.2, 0.25) is 0 Å². The zero-order valence-corrected chi connectivity index (χ0v) is 11.1. The molecule has 0 saturated heterocycles. The van der Waals surface area contributed by atoms with E-state index in [1.807, 2.05) is 24.3 Å². The minimum absolute atomic E-state index is 0.650. The van der Waals surface area contributed by atoms with E-state index in [-0.39, 0.29) is 0 Å². The summed E-state index contributed by atoms with van der Waals surface area (Å²) in [7, 11) is 3.25. The highest BCUT2D eigenvalue weighted by Crippen LogP contribution is 2.24. The lowest BCUT2D eigenvalue weighted by Gasteiger charge is -2.07. The Morgan fingerprint density at radius 3 is 2.35 bits per heavy atom. The number of hydrogen-bond acceptors (Lipinski definition) is 3. The molecule has 0 heterocycles. The SMILES string of the molecule is COC.SCCOc1cccc2ccccc12. The van der Waals surface area contributed by atoms with Gasteiger partial charge in [0.15, 0.2) is 0 Å². The minimum Gasteiger partial charge on any atom is -0.492 e. The fourth-order valence-electron chi connectivity index (χ4n) is 1.48. The molecule has 0 bridgehead atoms. The van der Waals surface area contributed by atoms with Crippen molar-refractivity contribution >= 4 is 23.4 Å². The Bertz CT molecular complexity index is 438. The van der Waals surface area contributed by atoms with E-state index >= 15 is 0 Å². The van der Waals surface area contributed by atoms with E-state index in [1.165, 1.54) is 5.39 Å². The molecule has 0 atom stereocenters. The molecule has 0 radical (unpaired) electrons. The summed E-state index contributed by atoms with van der Waals surface area (Å²) in [6.07, 6.45) is 0. The molecule has 0 unspecified atom stereocenters. The molecular weight excluding hydrogens is 232 g/mol. The molecule has 0 fully saturated rings. The third-order valence-corrected chi connectivity index (χ3v) is 2.28. The predicted molar refractivity (Wildman–Crippen MR) is 76.2 cm³/mol. The molecule has 3 heteroatoms. The summed E-state index contributed by atoms with van der Waals surface area (Å²) in [4.78, 5) is 0. The van der Waals surface area contributed by atoms with E-state index in [0.717, 1.165) is 16.9 Å². The van der Waals surface area contributed by atoms with E-state index in [2.05, 4.69) is 35.6 Å². The fourth-order valence-corrected chi connectivity index (χ4v) is 1.57. The maximum atomic E-state index is 5.59. The predicted octanol–water partition coefficient (Wildman–Crippen LogP) is 3.41. The van der Waals surface area contributed by atoms with E-state index in [0.29, 0.717) is 6.61 Å². The first-order valence-corrected chi connectivity index (χ1v) is 6.08. The lowest BCUT2D eigenvalue weighted by Crippen LogP contribution is -1.98. The van der Waals surface area contributed by atoms with Gasteiger partial charge >= 0.3 is 0 Å². The normalized spacial score (nSPS) is 9.59. The third kappa shape index (κ3) is 4.29. The van der Waals surface area contributed by atoms with Gasteiger partial charge in [-0.15, -0.1) is 0 Å². The topological polar surface area (TPSA) is 18.5 Å². The lowest BCUT2D eigenvalue weighted by atomic mass is 10.1. The second-order valence-corrected chi connectivity index (χ2v) is 3.90. The van der Waals surface area contributed by atoms with Crippen LogP contribution in [0.5, 0.6) is 5.75 Å². The second-order valence-electron chi connectivity index (χ2n) is 3.46. The van der Waals surface area contributed by atoms with Crippen LogP contribution in [-0.4, -0.2) is 26.6 Å². The maximum absolute atomic E-state index is 5.59. The van der Waals surface area contributed by atoms with E-state index < -0.39 is 0 Å².